The van der Waals surface area contributed by atoms with E-state index in [1.165, 1.54) is 9.80 Å². The van der Waals surface area contributed by atoms with Gasteiger partial charge in [0.25, 0.3) is 5.91 Å². The molecular weight excluding hydrogens is 272 g/mol. The minimum atomic E-state index is -0.593. The predicted molar refractivity (Wildman–Crippen MR) is 76.5 cm³/mol. The number of rotatable bonds is 1. The van der Waals surface area contributed by atoms with Gasteiger partial charge in [0, 0.05) is 19.0 Å². The lowest BCUT2D eigenvalue weighted by Crippen LogP contribution is -2.51. The smallest absolute Gasteiger partial charge is 0.410 e. The number of imide groups is 1. The maximum absolute atomic E-state index is 12.6. The largest absolute Gasteiger partial charge is 0.444 e. The Hall–Kier alpha value is -1.59. The normalized spacial score (nSPS) is 26.4. The maximum Gasteiger partial charge on any atom is 0.410 e. The molecule has 0 aliphatic carbocycles. The van der Waals surface area contributed by atoms with E-state index in [2.05, 4.69) is 0 Å². The molecule has 3 amide bonds. The van der Waals surface area contributed by atoms with Crippen molar-refractivity contribution in [2.45, 2.75) is 71.1 Å². The van der Waals surface area contributed by atoms with Gasteiger partial charge in [0.05, 0.1) is 0 Å². The summed E-state index contributed by atoms with van der Waals surface area (Å²) < 4.78 is 5.35. The van der Waals surface area contributed by atoms with Crippen LogP contribution in [0.15, 0.2) is 0 Å². The lowest BCUT2D eigenvalue weighted by molar-refractivity contribution is -0.146. The number of hydrogen-bond donors (Lipinski definition) is 0. The summed E-state index contributed by atoms with van der Waals surface area (Å²) in [5.41, 5.74) is -0.593. The Kier molecular flexibility index (Phi) is 4.25. The molecule has 0 aromatic carbocycles. The number of ether oxygens (including phenoxy) is 1. The summed E-state index contributed by atoms with van der Waals surface area (Å²) in [6, 6.07) is -0.643. The molecule has 118 valence electrons. The second-order valence-electron chi connectivity index (χ2n) is 6.82. The van der Waals surface area contributed by atoms with Gasteiger partial charge in [-0.15, -0.1) is 0 Å². The first-order valence-corrected chi connectivity index (χ1v) is 7.56. The Labute approximate surface area is 125 Å². The summed E-state index contributed by atoms with van der Waals surface area (Å²) in [5.74, 6) is -0.392. The van der Waals surface area contributed by atoms with Gasteiger partial charge in [-0.2, -0.15) is 0 Å². The second kappa shape index (κ2) is 5.66. The third kappa shape index (κ3) is 3.36. The first kappa shape index (κ1) is 15.8. The van der Waals surface area contributed by atoms with Crippen LogP contribution in [0.2, 0.25) is 0 Å². The molecule has 0 unspecified atom stereocenters. The summed E-state index contributed by atoms with van der Waals surface area (Å²) in [7, 11) is 0. The lowest BCUT2D eigenvalue weighted by Gasteiger charge is -2.30. The summed E-state index contributed by atoms with van der Waals surface area (Å²) in [6.45, 7) is 7.76. The average Bonchev–Trinajstić information content (AvgIpc) is 2.94. The van der Waals surface area contributed by atoms with Gasteiger partial charge in [0.15, 0.2) is 0 Å². The molecule has 0 N–H and O–H groups in total. The van der Waals surface area contributed by atoms with Crippen molar-refractivity contribution >= 4 is 17.9 Å². The Bertz CT molecular complexity index is 455. The van der Waals surface area contributed by atoms with Crippen molar-refractivity contribution in [2.24, 2.45) is 0 Å². The van der Waals surface area contributed by atoms with Crippen molar-refractivity contribution in [1.82, 2.24) is 9.80 Å². The van der Waals surface area contributed by atoms with Crippen LogP contribution >= 0.6 is 0 Å². The lowest BCUT2D eigenvalue weighted by atomic mass is 10.1. The van der Waals surface area contributed by atoms with Gasteiger partial charge < -0.3 is 4.74 Å². The molecule has 2 atom stereocenters. The van der Waals surface area contributed by atoms with Crippen LogP contribution in [-0.2, 0) is 14.3 Å². The van der Waals surface area contributed by atoms with E-state index in [1.807, 2.05) is 6.92 Å². The highest BCUT2D eigenvalue weighted by Crippen LogP contribution is 2.26. The summed E-state index contributed by atoms with van der Waals surface area (Å²) in [4.78, 5) is 39.5. The van der Waals surface area contributed by atoms with E-state index in [1.54, 1.807) is 20.8 Å². The molecule has 0 spiro atoms. The van der Waals surface area contributed by atoms with Crippen molar-refractivity contribution < 1.29 is 19.1 Å². The molecule has 2 heterocycles. The van der Waals surface area contributed by atoms with E-state index in [4.69, 9.17) is 4.74 Å². The third-order valence-corrected chi connectivity index (χ3v) is 3.89. The van der Waals surface area contributed by atoms with E-state index >= 15 is 0 Å². The predicted octanol–water partition coefficient (Wildman–Crippen LogP) is 1.92. The SMILES string of the molecule is C[C@H]1CCC(=O)N1C(=O)[C@@H]1CCCN1C(=O)OC(C)(C)C. The fourth-order valence-electron chi connectivity index (χ4n) is 2.89. The highest BCUT2D eigenvalue weighted by Gasteiger charge is 2.43. The quantitative estimate of drug-likeness (QED) is 0.693. The zero-order valence-corrected chi connectivity index (χ0v) is 13.2. The number of nitrogens with zero attached hydrogens (tertiary/aromatic N) is 2. The van der Waals surface area contributed by atoms with E-state index in [0.29, 0.717) is 25.8 Å². The van der Waals surface area contributed by atoms with Crippen molar-refractivity contribution in [1.29, 1.82) is 0 Å². The van der Waals surface area contributed by atoms with Gasteiger partial charge in [-0.05, 0) is 47.0 Å². The molecule has 0 radical (unpaired) electrons. The van der Waals surface area contributed by atoms with Crippen LogP contribution in [0.1, 0.15) is 53.4 Å². The third-order valence-electron chi connectivity index (χ3n) is 3.89. The molecule has 0 aromatic heterocycles. The highest BCUT2D eigenvalue weighted by atomic mass is 16.6. The zero-order chi connectivity index (χ0) is 15.8. The van der Waals surface area contributed by atoms with Crippen molar-refractivity contribution in [2.75, 3.05) is 6.54 Å². The fraction of sp³-hybridized carbons (Fsp3) is 0.800. The van der Waals surface area contributed by atoms with Crippen LogP contribution in [0.25, 0.3) is 0 Å². The summed E-state index contributed by atoms with van der Waals surface area (Å²) in [5, 5.41) is 0. The van der Waals surface area contributed by atoms with Gasteiger partial charge in [0.2, 0.25) is 5.91 Å². The van der Waals surface area contributed by atoms with Gasteiger partial charge >= 0.3 is 6.09 Å². The topological polar surface area (TPSA) is 66.9 Å². The summed E-state index contributed by atoms with van der Waals surface area (Å²) in [6.07, 6.45) is 1.98. The highest BCUT2D eigenvalue weighted by molar-refractivity contribution is 6.00. The molecule has 2 fully saturated rings. The number of carbonyl (C=O) groups is 3. The van der Waals surface area contributed by atoms with Crippen LogP contribution in [0.4, 0.5) is 4.79 Å². The Morgan fingerprint density at radius 2 is 1.90 bits per heavy atom. The molecule has 21 heavy (non-hydrogen) atoms. The van der Waals surface area contributed by atoms with Crippen molar-refractivity contribution in [3.63, 3.8) is 0 Å². The van der Waals surface area contributed by atoms with Crippen LogP contribution in [0.5, 0.6) is 0 Å². The van der Waals surface area contributed by atoms with Crippen LogP contribution < -0.4 is 0 Å². The van der Waals surface area contributed by atoms with E-state index in [0.717, 1.165) is 6.42 Å². The standard InChI is InChI=1S/C15H24N2O4/c1-10-7-8-12(18)17(10)13(19)11-6-5-9-16(11)14(20)21-15(2,3)4/h10-11H,5-9H2,1-4H3/t10-,11-/m0/s1. The summed E-state index contributed by atoms with van der Waals surface area (Å²) >= 11 is 0. The molecule has 6 nitrogen and oxygen atoms in total. The molecular formula is C15H24N2O4. The van der Waals surface area contributed by atoms with Gasteiger partial charge in [-0.1, -0.05) is 0 Å². The fourth-order valence-corrected chi connectivity index (χ4v) is 2.89. The molecule has 0 aromatic rings. The molecule has 6 heteroatoms. The van der Waals surface area contributed by atoms with Crippen molar-refractivity contribution in [3.05, 3.63) is 0 Å². The number of amides is 3. The van der Waals surface area contributed by atoms with Crippen molar-refractivity contribution in [3.8, 4) is 0 Å². The molecule has 2 aliphatic rings. The molecule has 0 bridgehead atoms. The Morgan fingerprint density at radius 1 is 1.24 bits per heavy atom. The molecule has 0 saturated carbocycles. The van der Waals surface area contributed by atoms with Crippen LogP contribution in [0, 0.1) is 0 Å². The first-order valence-electron chi connectivity index (χ1n) is 7.56. The minimum absolute atomic E-state index is 0.0777. The number of hydrogen-bond acceptors (Lipinski definition) is 4. The minimum Gasteiger partial charge on any atom is -0.444 e. The van der Waals surface area contributed by atoms with Crippen LogP contribution in [-0.4, -0.2) is 51.9 Å². The zero-order valence-electron chi connectivity index (χ0n) is 13.2. The van der Waals surface area contributed by atoms with Crippen LogP contribution in [0.3, 0.4) is 0 Å². The van der Waals surface area contributed by atoms with Gasteiger partial charge in [0.1, 0.15) is 11.6 Å². The molecule has 2 saturated heterocycles. The van der Waals surface area contributed by atoms with E-state index in [9.17, 15) is 14.4 Å². The molecule has 2 aliphatic heterocycles. The second-order valence-corrected chi connectivity index (χ2v) is 6.82. The monoisotopic (exact) mass is 296 g/mol. The maximum atomic E-state index is 12.6. The number of likely N-dealkylation sites (tertiary alicyclic amines) is 2. The Morgan fingerprint density at radius 3 is 2.43 bits per heavy atom. The molecule has 2 rings (SSSR count). The Balaban J connectivity index is 2.09. The van der Waals surface area contributed by atoms with E-state index in [-0.39, 0.29) is 17.9 Å². The first-order chi connectivity index (χ1) is 9.70. The number of carbonyl (C=O) groups excluding carboxylic acids is 3. The van der Waals surface area contributed by atoms with E-state index < -0.39 is 17.7 Å². The average molecular weight is 296 g/mol. The van der Waals surface area contributed by atoms with Gasteiger partial charge in [-0.3, -0.25) is 19.4 Å². The van der Waals surface area contributed by atoms with Gasteiger partial charge in [-0.25, -0.2) is 4.79 Å².